The number of unbranched alkanes of at least 4 members (excludes halogenated alkanes) is 9. The van der Waals surface area contributed by atoms with Gasteiger partial charge in [0, 0.05) is 55.4 Å². The van der Waals surface area contributed by atoms with Crippen molar-refractivity contribution >= 4 is 72.6 Å². The highest BCUT2D eigenvalue weighted by Gasteiger charge is 2.51. The molecule has 8 aliphatic rings. The van der Waals surface area contributed by atoms with Gasteiger partial charge in [0.05, 0.1) is 16.4 Å². The number of hydrogen-bond donors (Lipinski definition) is 6. The van der Waals surface area contributed by atoms with Crippen LogP contribution in [0.15, 0.2) is 118 Å². The highest BCUT2D eigenvalue weighted by Crippen LogP contribution is 2.53. The number of rotatable bonds is 32. The molecule has 12 rings (SSSR count). The number of thiophene rings is 2. The zero-order chi connectivity index (χ0) is 75.0. The van der Waals surface area contributed by atoms with Crippen LogP contribution in [0.5, 0.6) is 0 Å². The van der Waals surface area contributed by atoms with E-state index in [2.05, 4.69) is 73.2 Å². The summed E-state index contributed by atoms with van der Waals surface area (Å²) in [6, 6.07) is 14.2. The molecule has 0 aromatic carbocycles. The minimum Gasteiger partial charge on any atom is -0.481 e. The molecule has 0 spiro atoms. The number of carboxylic acids is 2. The molecular formula is C79H115F3N6O12S4. The van der Waals surface area contributed by atoms with Gasteiger partial charge in [0.2, 0.25) is 0 Å². The molecule has 4 aromatic heterocycles. The van der Waals surface area contributed by atoms with Crippen LogP contribution >= 0.6 is 22.7 Å². The predicted molar refractivity (Wildman–Crippen MR) is 403 cm³/mol. The summed E-state index contributed by atoms with van der Waals surface area (Å²) in [5, 5.41) is 25.3. The Morgan fingerprint density at radius 1 is 0.510 bits per heavy atom. The zero-order valence-electron chi connectivity index (χ0n) is 61.3. The lowest BCUT2D eigenvalue weighted by Crippen LogP contribution is -2.44. The normalized spacial score (nSPS) is 27.6. The van der Waals surface area contributed by atoms with Crippen molar-refractivity contribution in [3.05, 3.63) is 120 Å². The number of hydrogen-bond acceptors (Lipinski definition) is 13. The van der Waals surface area contributed by atoms with Crippen molar-refractivity contribution in [2.24, 2.45) is 76.7 Å². The highest BCUT2D eigenvalue weighted by atomic mass is 32.3. The van der Waals surface area contributed by atoms with E-state index >= 15 is 0 Å². The van der Waals surface area contributed by atoms with Crippen molar-refractivity contribution in [2.45, 2.75) is 259 Å². The Bertz CT molecular complexity index is 3650. The largest absolute Gasteiger partial charge is 0.490 e. The molecule has 8 fully saturated rings. The van der Waals surface area contributed by atoms with E-state index in [9.17, 15) is 49.2 Å². The summed E-state index contributed by atoms with van der Waals surface area (Å²) in [5.74, 6) is 4.33. The highest BCUT2D eigenvalue weighted by molar-refractivity contribution is 7.92. The third-order valence-electron chi connectivity index (χ3n) is 23.2. The Labute approximate surface area is 623 Å². The molecule has 25 heteroatoms. The second-order valence-electron chi connectivity index (χ2n) is 29.9. The summed E-state index contributed by atoms with van der Waals surface area (Å²) in [6.45, 7) is 8.91. The molecule has 16 atom stereocenters. The SMILES string of the molecule is CCCC/C=C\C[C@H]1[C@@H]2CC[C@@H](C2)[C@@H]1N.CCCC/C=C\C[C@H]1[C@@H]2CC[C@@H](C2)[C@@H]1NC(=O)c1ccc(S(=O)(=O)n2cccc2)s1.CCCCCCC[C@H]1[C@@H]2CC[C@@H](C2)[C@@H]1NC(=O)c1ccc(S(=O)(=O)n2cccc2)s1.CCOC(=O)N[C@H]1[C@H]2CC[C@H](C2)[C@@H]1C/C=C\CCCC(=O)O.O=C(O)C(F)(F)F. The first kappa shape index (κ1) is 83.6. The number of halogens is 3. The third kappa shape index (κ3) is 23.2. The van der Waals surface area contributed by atoms with Crippen LogP contribution in [0.4, 0.5) is 18.0 Å². The maximum atomic E-state index is 13.0. The smallest absolute Gasteiger partial charge is 0.481 e. The van der Waals surface area contributed by atoms with Gasteiger partial charge in [-0.25, -0.2) is 17.5 Å². The van der Waals surface area contributed by atoms with Crippen LogP contribution in [0, 0.1) is 71.0 Å². The summed E-state index contributed by atoms with van der Waals surface area (Å²) in [6.07, 6.45) is 49.6. The number of nitrogens with one attached hydrogen (secondary N) is 3. The number of ether oxygens (including phenoxy) is 1. The maximum Gasteiger partial charge on any atom is 0.490 e. The number of carbonyl (C=O) groups excluding carboxylic acids is 3. The van der Waals surface area contributed by atoms with Crippen molar-refractivity contribution < 1.29 is 68.9 Å². The molecule has 7 N–H and O–H groups in total. The van der Waals surface area contributed by atoms with E-state index in [1.165, 1.54) is 193 Å². The van der Waals surface area contributed by atoms with Crippen molar-refractivity contribution in [3.63, 3.8) is 0 Å². The number of aromatic nitrogens is 2. The number of amides is 3. The second-order valence-corrected chi connectivity index (χ2v) is 36.2. The van der Waals surface area contributed by atoms with Gasteiger partial charge in [0.25, 0.3) is 31.9 Å². The molecule has 4 aromatic rings. The van der Waals surface area contributed by atoms with Gasteiger partial charge < -0.3 is 36.6 Å². The number of alkyl halides is 3. The number of nitrogens with zero attached hydrogens (tertiary/aromatic N) is 2. The molecule has 3 amide bonds. The molecule has 8 aliphatic carbocycles. The van der Waals surface area contributed by atoms with Crippen LogP contribution in [0.1, 0.15) is 240 Å². The van der Waals surface area contributed by atoms with Crippen LogP contribution in [-0.2, 0) is 34.4 Å². The van der Waals surface area contributed by atoms with Crippen molar-refractivity contribution in [3.8, 4) is 0 Å². The summed E-state index contributed by atoms with van der Waals surface area (Å²) in [4.78, 5) is 57.9. The molecule has 8 saturated carbocycles. The lowest BCUT2D eigenvalue weighted by molar-refractivity contribution is -0.192. The van der Waals surface area contributed by atoms with Gasteiger partial charge >= 0.3 is 24.2 Å². The zero-order valence-corrected chi connectivity index (χ0v) is 64.5. The average Bonchev–Trinajstić information content (AvgIpc) is 1.65. The van der Waals surface area contributed by atoms with Crippen LogP contribution in [0.25, 0.3) is 0 Å². The molecule has 0 aliphatic heterocycles. The van der Waals surface area contributed by atoms with Crippen LogP contribution < -0.4 is 21.7 Å². The van der Waals surface area contributed by atoms with Gasteiger partial charge in [-0.2, -0.15) is 30.0 Å². The quantitative estimate of drug-likeness (QED) is 0.0196. The number of nitrogens with two attached hydrogens (primary N) is 1. The molecule has 0 saturated heterocycles. The lowest BCUT2D eigenvalue weighted by atomic mass is 9.81. The average molecular weight is 1530 g/mol. The van der Waals surface area contributed by atoms with E-state index in [1.807, 2.05) is 6.92 Å². The fourth-order valence-electron chi connectivity index (χ4n) is 18.0. The predicted octanol–water partition coefficient (Wildman–Crippen LogP) is 17.8. The Balaban J connectivity index is 0.000000174. The lowest BCUT2D eigenvalue weighted by Gasteiger charge is -2.31. The number of allylic oxidation sites excluding steroid dienone is 6. The van der Waals surface area contributed by atoms with Gasteiger partial charge in [-0.05, 0) is 255 Å². The van der Waals surface area contributed by atoms with Crippen molar-refractivity contribution in [1.82, 2.24) is 23.9 Å². The van der Waals surface area contributed by atoms with Gasteiger partial charge in [0.1, 0.15) is 8.42 Å². The summed E-state index contributed by atoms with van der Waals surface area (Å²) < 4.78 is 90.2. The number of alkyl carbamates (subject to hydrolysis) is 1. The molecule has 4 heterocycles. The fourth-order valence-corrected chi connectivity index (χ4v) is 23.0. The van der Waals surface area contributed by atoms with Crippen molar-refractivity contribution in [1.29, 1.82) is 0 Å². The first-order valence-corrected chi connectivity index (χ1v) is 43.1. The number of fused-ring (bicyclic) bond motifs is 8. The summed E-state index contributed by atoms with van der Waals surface area (Å²) >= 11 is 2.10. The van der Waals surface area contributed by atoms with Gasteiger partial charge in [-0.15, -0.1) is 22.7 Å². The second kappa shape index (κ2) is 40.8. The Morgan fingerprint density at radius 2 is 0.885 bits per heavy atom. The van der Waals surface area contributed by atoms with E-state index in [1.54, 1.807) is 42.5 Å². The molecular weight excluding hydrogens is 1410 g/mol. The minimum absolute atomic E-state index is 0.123. The maximum absolute atomic E-state index is 13.0. The van der Waals surface area contributed by atoms with Crippen molar-refractivity contribution in [2.75, 3.05) is 6.61 Å². The first-order valence-electron chi connectivity index (χ1n) is 38.6. The summed E-state index contributed by atoms with van der Waals surface area (Å²) in [5.41, 5.74) is 6.27. The van der Waals surface area contributed by atoms with Crippen LogP contribution in [-0.4, -0.2) is 102 Å². The Hall–Kier alpha value is -6.02. The standard InChI is InChI=1S/C23H32N2O3S2.C23H30N2O3S2.C17H27NO4.C14H25N.C2HF3O2/c2*1-2-3-4-5-6-9-19-17-10-11-18(16-17)22(19)24-23(26)20-12-13-21(29-20)30(27,28)25-14-7-8-15-25;1-2-22-17(21)18-16-13-10-9-12(11-13)14(16)7-5-3-4-6-8-15(19)20;1-2-3-4-5-6-7-13-11-8-9-12(10-11)14(13)15;3-2(4,5)1(6)7/h7-8,12-15,17-19,22H,2-6,9-11,16H2,1H3,(H,24,26);5-8,12-15,17-19,22H,2-4,9-11,16H2,1H3,(H,24,26);3,5,12-14,16H,2,4,6-11H2,1H3,(H,18,21)(H,19,20);5-6,11-14H,2-4,7-10,15H2,1H3;(H,6,7)/b;6-5-;5-3-;6-5-;/t2*17-,18+,19+,22+;12-,13+,14+,16+;11-,12+,13+,14+;/m1111./s1. The van der Waals surface area contributed by atoms with Crippen LogP contribution in [0.2, 0.25) is 0 Å². The van der Waals surface area contributed by atoms with E-state index in [0.29, 0.717) is 76.2 Å². The molecule has 8 bridgehead atoms. The summed E-state index contributed by atoms with van der Waals surface area (Å²) in [7, 11) is -7.25. The Morgan fingerprint density at radius 3 is 1.30 bits per heavy atom. The molecule has 104 heavy (non-hydrogen) atoms. The minimum atomic E-state index is -5.08. The van der Waals surface area contributed by atoms with Gasteiger partial charge in [0.15, 0.2) is 0 Å². The van der Waals surface area contributed by atoms with E-state index in [-0.39, 0.29) is 50.9 Å². The topological polar surface area (TPSA) is 275 Å². The molecule has 578 valence electrons. The van der Waals surface area contributed by atoms with Gasteiger partial charge in [-0.1, -0.05) is 115 Å². The fraction of sp³-hybridized carbons (Fsp3) is 0.658. The number of aliphatic carboxylic acids is 2. The van der Waals surface area contributed by atoms with Crippen LogP contribution in [0.3, 0.4) is 0 Å². The monoisotopic (exact) mass is 1520 g/mol. The van der Waals surface area contributed by atoms with Gasteiger partial charge in [-0.3, -0.25) is 14.4 Å². The molecule has 0 radical (unpaired) electrons. The van der Waals surface area contributed by atoms with E-state index < -0.39 is 38.2 Å². The Kier molecular flexibility index (Phi) is 32.8. The molecule has 18 nitrogen and oxygen atoms in total. The first-order chi connectivity index (χ1) is 49.9. The third-order valence-corrected chi connectivity index (χ3v) is 29.6. The number of carboxylic acid groups (broad SMARTS) is 2. The molecule has 0 unspecified atom stereocenters. The van der Waals surface area contributed by atoms with E-state index in [4.69, 9.17) is 25.5 Å². The number of carbonyl (C=O) groups is 5. The van der Waals surface area contributed by atoms with E-state index in [0.717, 1.165) is 72.0 Å².